The van der Waals surface area contributed by atoms with Crippen molar-refractivity contribution in [3.8, 4) is 5.75 Å². The highest BCUT2D eigenvalue weighted by molar-refractivity contribution is 6.76. The van der Waals surface area contributed by atoms with Gasteiger partial charge in [0.2, 0.25) is 5.83 Å². The van der Waals surface area contributed by atoms with Gasteiger partial charge in [0.25, 0.3) is 6.10 Å². The quantitative estimate of drug-likeness (QED) is 0.0195. The first kappa shape index (κ1) is 119. The Bertz CT molecular complexity index is 3450. The molecule has 32 heteroatoms. The van der Waals surface area contributed by atoms with Crippen LogP contribution in [0.4, 0.5) is 48.3 Å². The zero-order chi connectivity index (χ0) is 93.8. The van der Waals surface area contributed by atoms with Crippen molar-refractivity contribution < 1.29 is 144 Å². The maximum absolute atomic E-state index is 12.1. The first-order chi connectivity index (χ1) is 52.7. The number of halogens is 11. The number of carbonyl (C=O) groups is 10. The molecular weight excluding hydrogens is 1580 g/mol. The summed E-state index contributed by atoms with van der Waals surface area (Å²) in [6.07, 6.45) is -11.2. The number of ether oxygens (including phenoxy) is 9. The van der Waals surface area contributed by atoms with E-state index in [1.54, 1.807) is 67.5 Å². The maximum Gasteiger partial charge on any atom is 0.434 e. The zero-order valence-corrected chi connectivity index (χ0v) is 74.0. The highest BCUT2D eigenvalue weighted by Crippen LogP contribution is 2.66. The second kappa shape index (κ2) is 55.7. The van der Waals surface area contributed by atoms with E-state index in [9.17, 15) is 96.2 Å². The molecule has 3 rings (SSSR count). The van der Waals surface area contributed by atoms with Gasteiger partial charge in [-0.25, -0.2) is 56.7 Å². The van der Waals surface area contributed by atoms with Gasteiger partial charge in [-0.15, -0.1) is 0 Å². The SMILES string of the molecule is C=C(C)C(=O)O.C=C(C)C(=O)OC(C(C)C)C(C)C.C=C(C)C(=O)OC(C)C.C=C(C)C(=O)OC1CC2CCC1(C)C2(C)C.C=C(C)C(=O)OCC(CC)CCCC.C=C(C)C(=O)OCC(F)(F)C(F)F.C=C(C)C(=O)OC[Si](C)(C)C.C=C(C)C(=O)Oc1ccc(C(C)(C)C)cc1.C=C(F)C(=O)OCC(=O)OC(C(F)(F)F)C(F)(F)F. The van der Waals surface area contributed by atoms with E-state index in [-0.39, 0.29) is 76.1 Å². The number of rotatable bonds is 29. The Kier molecular flexibility index (Phi) is 56.6. The summed E-state index contributed by atoms with van der Waals surface area (Å²) < 4.78 is 172. The van der Waals surface area contributed by atoms with Gasteiger partial charge in [0, 0.05) is 50.0 Å². The topological polar surface area (TPSA) is 274 Å². The summed E-state index contributed by atoms with van der Waals surface area (Å²) >= 11 is 0. The van der Waals surface area contributed by atoms with Crippen molar-refractivity contribution in [2.24, 2.45) is 34.5 Å². The molecule has 2 aliphatic rings. The minimum Gasteiger partial charge on any atom is -0.478 e. The van der Waals surface area contributed by atoms with Crippen LogP contribution in [0.3, 0.4) is 0 Å². The van der Waals surface area contributed by atoms with Gasteiger partial charge in [0.15, 0.2) is 13.2 Å². The molecule has 0 heterocycles. The van der Waals surface area contributed by atoms with Crippen LogP contribution in [0.15, 0.2) is 134 Å². The molecule has 0 aromatic heterocycles. The van der Waals surface area contributed by atoms with Crippen LogP contribution in [0.1, 0.15) is 203 Å². The fourth-order valence-electron chi connectivity index (χ4n) is 8.99. The summed E-state index contributed by atoms with van der Waals surface area (Å²) in [5, 5.41) is 7.89. The number of benzene rings is 1. The van der Waals surface area contributed by atoms with Crippen molar-refractivity contribution in [2.45, 2.75) is 271 Å². The van der Waals surface area contributed by atoms with E-state index in [2.05, 4.69) is 176 Å². The molecule has 20 nitrogen and oxygen atoms in total. The van der Waals surface area contributed by atoms with Crippen molar-refractivity contribution in [3.05, 3.63) is 139 Å². The minimum absolute atomic E-state index is 0.0100. The van der Waals surface area contributed by atoms with Crippen LogP contribution >= 0.6 is 0 Å². The molecule has 2 aliphatic carbocycles. The number of aliphatic carboxylic acids is 1. The zero-order valence-electron chi connectivity index (χ0n) is 73.0. The average molecular weight is 1710 g/mol. The minimum atomic E-state index is -5.89. The first-order valence-corrected chi connectivity index (χ1v) is 40.9. The summed E-state index contributed by atoms with van der Waals surface area (Å²) in [7, 11) is -1.25. The second-order valence-corrected chi connectivity index (χ2v) is 37.2. The Balaban J connectivity index is -0.000000300. The number of hydrogen-bond donors (Lipinski definition) is 1. The number of carboxylic acid groups (broad SMARTS) is 1. The molecular formula is C85H129F11O20Si. The summed E-state index contributed by atoms with van der Waals surface area (Å²) in [5.74, 6) is -11.3. The highest BCUT2D eigenvalue weighted by Gasteiger charge is 2.63. The van der Waals surface area contributed by atoms with E-state index in [1.165, 1.54) is 45.1 Å². The van der Waals surface area contributed by atoms with Gasteiger partial charge in [-0.2, -0.15) is 39.5 Å². The molecule has 4 unspecified atom stereocenters. The van der Waals surface area contributed by atoms with Crippen molar-refractivity contribution >= 4 is 67.8 Å². The van der Waals surface area contributed by atoms with Crippen LogP contribution in [0, 0.1) is 34.5 Å². The van der Waals surface area contributed by atoms with Gasteiger partial charge in [-0.1, -0.05) is 193 Å². The third-order valence-corrected chi connectivity index (χ3v) is 17.3. The lowest BCUT2D eigenvalue weighted by Crippen LogP contribution is -2.46. The Labute approximate surface area is 686 Å². The summed E-state index contributed by atoms with van der Waals surface area (Å²) in [4.78, 5) is 108. The van der Waals surface area contributed by atoms with Crippen LogP contribution in [0.25, 0.3) is 0 Å². The summed E-state index contributed by atoms with van der Waals surface area (Å²) in [5.41, 5.74) is 4.60. The standard InChI is InChI=1S/C14H22O2.C14H18O2.C12H22O2.C11H20O2.C8H5F7O4.C8H16O2Si.C7H8F4O2.C7H12O2.C4H6O2/c1-9(2)12(15)16-11-8-10-6-7-14(11,5)13(10,3)4;1-10(2)13(15)16-12-8-6-11(7-9-12)14(3,4)5;1-5-7-8-11(6-2)9-14-12(13)10(3)4;1-7(2)10(8(3)4)13-11(12)9(5)6;1-3(9)5(17)18-2-4(16)19-6(7(10,11)12)8(13,14)15;1-7(2)8(9)10-6-11(3,4)5;1-4(2)5(12)13-3-7(10,11)6(8)9;1-5(2)7(8)9-6(3)4;1-3(2)4(5)6/h10-11H,1,6-8H2,2-5H3;6-9H,1H2,2-5H3;11H,3,5-9H2,1-2,4H3;7-8,10H,5H2,1-4,6H3;6H,1-2H2;1,6H2,2-5H3;6H,1,3H2,2H3;6H,1H2,2-4H3;1H2,2H3,(H,5,6). The molecule has 1 aromatic rings. The second-order valence-electron chi connectivity index (χ2n) is 31.8. The Hall–Kier alpha value is -8.97. The lowest BCUT2D eigenvalue weighted by molar-refractivity contribution is -0.313. The number of fused-ring (bicyclic) bond motifs is 2. The largest absolute Gasteiger partial charge is 0.478 e. The predicted octanol–water partition coefficient (Wildman–Crippen LogP) is 21.1. The van der Waals surface area contributed by atoms with Gasteiger partial charge in [0.05, 0.1) is 27.0 Å². The molecule has 0 radical (unpaired) electrons. The average Bonchev–Trinajstić information content (AvgIpc) is 1.56. The fraction of sp³-hybridized carbons (Fsp3) is 0.600. The molecule has 117 heavy (non-hydrogen) atoms. The molecule has 0 spiro atoms. The van der Waals surface area contributed by atoms with Crippen LogP contribution in [-0.4, -0.2) is 148 Å². The van der Waals surface area contributed by atoms with Crippen LogP contribution in [0.2, 0.25) is 19.6 Å². The molecule has 670 valence electrons. The Morgan fingerprint density at radius 2 is 0.957 bits per heavy atom. The normalized spacial score (nSPS) is 15.0. The van der Waals surface area contributed by atoms with Crippen molar-refractivity contribution in [3.63, 3.8) is 0 Å². The van der Waals surface area contributed by atoms with Gasteiger partial charge < -0.3 is 47.7 Å². The van der Waals surface area contributed by atoms with E-state index in [1.807, 2.05) is 12.1 Å². The van der Waals surface area contributed by atoms with E-state index in [0.29, 0.717) is 81.1 Å². The van der Waals surface area contributed by atoms with Crippen LogP contribution in [0.5, 0.6) is 5.75 Å². The predicted molar refractivity (Wildman–Crippen MR) is 430 cm³/mol. The van der Waals surface area contributed by atoms with Crippen molar-refractivity contribution in [2.75, 3.05) is 26.1 Å². The molecule has 2 bridgehead atoms. The number of hydrogen-bond acceptors (Lipinski definition) is 19. The molecule has 4 atom stereocenters. The van der Waals surface area contributed by atoms with Gasteiger partial charge >= 0.3 is 84.4 Å². The monoisotopic (exact) mass is 1710 g/mol. The number of unbranched alkanes of at least 4 members (excludes halogenated alkanes) is 1. The smallest absolute Gasteiger partial charge is 0.434 e. The van der Waals surface area contributed by atoms with Crippen molar-refractivity contribution in [1.82, 2.24) is 0 Å². The number of carbonyl (C=O) groups excluding carboxylic acids is 9. The number of alkyl halides is 10. The number of carboxylic acids is 1. The Morgan fingerprint density at radius 1 is 0.556 bits per heavy atom. The molecule has 0 amide bonds. The number of esters is 9. The molecule has 0 aliphatic heterocycles. The maximum atomic E-state index is 12.1. The first-order valence-electron chi connectivity index (χ1n) is 37.1. The van der Waals surface area contributed by atoms with Crippen molar-refractivity contribution in [1.29, 1.82) is 0 Å². The third-order valence-electron chi connectivity index (χ3n) is 16.3. The summed E-state index contributed by atoms with van der Waals surface area (Å²) in [6.45, 7) is 75.7. The lowest BCUT2D eigenvalue weighted by atomic mass is 9.70. The van der Waals surface area contributed by atoms with E-state index in [4.69, 9.17) is 33.5 Å². The van der Waals surface area contributed by atoms with E-state index in [0.717, 1.165) is 19.3 Å². The lowest BCUT2D eigenvalue weighted by Gasteiger charge is -2.38. The molecule has 2 fully saturated rings. The van der Waals surface area contributed by atoms with Crippen LogP contribution < -0.4 is 4.74 Å². The van der Waals surface area contributed by atoms with E-state index < -0.39 is 81.8 Å². The van der Waals surface area contributed by atoms with Gasteiger partial charge in [-0.05, 0) is 147 Å². The molecule has 1 aromatic carbocycles. The van der Waals surface area contributed by atoms with Crippen LogP contribution in [-0.2, 0) is 91.3 Å². The van der Waals surface area contributed by atoms with Gasteiger partial charge in [-0.3, -0.25) is 0 Å². The highest BCUT2D eigenvalue weighted by atomic mass is 28.3. The third kappa shape index (κ3) is 53.9. The summed E-state index contributed by atoms with van der Waals surface area (Å²) in [6, 6.07) is 7.56. The molecule has 2 saturated carbocycles. The van der Waals surface area contributed by atoms with Gasteiger partial charge in [0.1, 0.15) is 18.0 Å². The molecule has 0 saturated heterocycles. The fourth-order valence-corrected chi connectivity index (χ4v) is 9.56. The Morgan fingerprint density at radius 3 is 1.26 bits per heavy atom. The van der Waals surface area contributed by atoms with E-state index >= 15 is 0 Å². The molecule has 1 N–H and O–H groups in total.